The van der Waals surface area contributed by atoms with Gasteiger partial charge in [0.2, 0.25) is 11.8 Å². The Morgan fingerprint density at radius 3 is 2.06 bits per heavy atom. The van der Waals surface area contributed by atoms with Gasteiger partial charge < -0.3 is 10.2 Å². The number of carbonyl (C=O) groups excluding carboxylic acids is 2. The monoisotopic (exact) mass is 240 g/mol. The van der Waals surface area contributed by atoms with Gasteiger partial charge in [-0.25, -0.2) is 0 Å². The van der Waals surface area contributed by atoms with Gasteiger partial charge in [0.05, 0.1) is 0 Å². The van der Waals surface area contributed by atoms with Crippen LogP contribution in [-0.4, -0.2) is 34.8 Å². The Morgan fingerprint density at radius 2 is 1.65 bits per heavy atom. The summed E-state index contributed by atoms with van der Waals surface area (Å²) in [5.41, 5.74) is 0. The maximum absolute atomic E-state index is 12.4. The molecular weight excluding hydrogens is 216 g/mol. The van der Waals surface area contributed by atoms with Gasteiger partial charge in [0.15, 0.2) is 0 Å². The zero-order valence-corrected chi connectivity index (χ0v) is 11.7. The maximum atomic E-state index is 12.4. The van der Waals surface area contributed by atoms with Gasteiger partial charge in [0.1, 0.15) is 12.1 Å². The lowest BCUT2D eigenvalue weighted by molar-refractivity contribution is -0.153. The van der Waals surface area contributed by atoms with Crippen LogP contribution in [0.15, 0.2) is 0 Å². The number of carbonyl (C=O) groups is 2. The number of rotatable bonds is 3. The van der Waals surface area contributed by atoms with Crippen LogP contribution < -0.4 is 5.32 Å². The van der Waals surface area contributed by atoms with E-state index in [4.69, 9.17) is 0 Å². The number of piperazine rings is 1. The molecule has 4 heteroatoms. The molecule has 4 nitrogen and oxygen atoms in total. The van der Waals surface area contributed by atoms with Crippen LogP contribution in [0, 0.1) is 11.8 Å². The average molecular weight is 240 g/mol. The minimum Gasteiger partial charge on any atom is -0.342 e. The fourth-order valence-electron chi connectivity index (χ4n) is 2.14. The standard InChI is InChI=1S/C13H24N2O2/c1-7(2)9(5)15-10(6)12(16)14-11(8(3)4)13(15)17/h7-11H,1-6H3,(H,14,16). The van der Waals surface area contributed by atoms with Crippen LogP contribution in [0.5, 0.6) is 0 Å². The first-order valence-electron chi connectivity index (χ1n) is 6.40. The molecule has 0 saturated carbocycles. The Morgan fingerprint density at radius 1 is 1.12 bits per heavy atom. The SMILES string of the molecule is CC(C)C1NC(=O)C(C)N(C(C)C(C)C)C1=O. The van der Waals surface area contributed by atoms with Crippen LogP contribution in [-0.2, 0) is 9.59 Å². The fraction of sp³-hybridized carbons (Fsp3) is 0.846. The molecule has 0 aliphatic carbocycles. The molecule has 17 heavy (non-hydrogen) atoms. The molecule has 1 aliphatic rings. The van der Waals surface area contributed by atoms with Gasteiger partial charge in [0, 0.05) is 6.04 Å². The summed E-state index contributed by atoms with van der Waals surface area (Å²) in [6.07, 6.45) is 0. The van der Waals surface area contributed by atoms with E-state index in [-0.39, 0.29) is 35.9 Å². The third-order valence-corrected chi connectivity index (χ3v) is 3.69. The van der Waals surface area contributed by atoms with Crippen molar-refractivity contribution in [2.75, 3.05) is 0 Å². The molecular formula is C13H24N2O2. The first-order valence-corrected chi connectivity index (χ1v) is 6.40. The second-order valence-electron chi connectivity index (χ2n) is 5.64. The summed E-state index contributed by atoms with van der Waals surface area (Å²) in [5.74, 6) is 0.477. The lowest BCUT2D eigenvalue weighted by Crippen LogP contribution is -2.66. The lowest BCUT2D eigenvalue weighted by Gasteiger charge is -2.43. The number of hydrogen-bond acceptors (Lipinski definition) is 2. The van der Waals surface area contributed by atoms with Crippen molar-refractivity contribution in [1.29, 1.82) is 0 Å². The highest BCUT2D eigenvalue weighted by Crippen LogP contribution is 2.21. The normalized spacial score (nSPS) is 27.6. The molecule has 2 amide bonds. The molecule has 98 valence electrons. The number of nitrogens with zero attached hydrogens (tertiary/aromatic N) is 1. The van der Waals surface area contributed by atoms with Crippen molar-refractivity contribution in [1.82, 2.24) is 10.2 Å². The summed E-state index contributed by atoms with van der Waals surface area (Å²) < 4.78 is 0. The third-order valence-electron chi connectivity index (χ3n) is 3.69. The second-order valence-corrected chi connectivity index (χ2v) is 5.64. The van der Waals surface area contributed by atoms with Crippen molar-refractivity contribution >= 4 is 11.8 Å². The Balaban J connectivity index is 2.99. The van der Waals surface area contributed by atoms with E-state index in [0.717, 1.165) is 0 Å². The average Bonchev–Trinajstić information content (AvgIpc) is 2.22. The molecule has 1 N–H and O–H groups in total. The molecule has 0 radical (unpaired) electrons. The highest BCUT2D eigenvalue weighted by molar-refractivity contribution is 5.97. The molecule has 0 aromatic carbocycles. The highest BCUT2D eigenvalue weighted by atomic mass is 16.2. The molecule has 3 atom stereocenters. The highest BCUT2D eigenvalue weighted by Gasteiger charge is 2.41. The minimum absolute atomic E-state index is 0.0456. The van der Waals surface area contributed by atoms with Crippen molar-refractivity contribution in [3.8, 4) is 0 Å². The van der Waals surface area contributed by atoms with Crippen LogP contribution in [0.1, 0.15) is 41.5 Å². The predicted molar refractivity (Wildman–Crippen MR) is 67.4 cm³/mol. The summed E-state index contributed by atoms with van der Waals surface area (Å²) in [6.45, 7) is 11.9. The lowest BCUT2D eigenvalue weighted by atomic mass is 9.94. The van der Waals surface area contributed by atoms with Crippen molar-refractivity contribution in [3.05, 3.63) is 0 Å². The Labute approximate surface area is 104 Å². The van der Waals surface area contributed by atoms with Crippen molar-refractivity contribution in [3.63, 3.8) is 0 Å². The summed E-state index contributed by atoms with van der Waals surface area (Å²) in [7, 11) is 0. The van der Waals surface area contributed by atoms with Crippen LogP contribution >= 0.6 is 0 Å². The van der Waals surface area contributed by atoms with Gasteiger partial charge in [-0.3, -0.25) is 9.59 Å². The number of hydrogen-bond donors (Lipinski definition) is 1. The van der Waals surface area contributed by atoms with E-state index in [2.05, 4.69) is 19.2 Å². The van der Waals surface area contributed by atoms with Gasteiger partial charge in [0.25, 0.3) is 0 Å². The third kappa shape index (κ3) is 2.61. The zero-order valence-electron chi connectivity index (χ0n) is 11.7. The zero-order chi connectivity index (χ0) is 13.3. The number of nitrogens with one attached hydrogen (secondary N) is 1. The summed E-state index contributed by atoms with van der Waals surface area (Å²) in [4.78, 5) is 26.0. The fourth-order valence-corrected chi connectivity index (χ4v) is 2.14. The van der Waals surface area contributed by atoms with E-state index in [1.807, 2.05) is 20.8 Å². The van der Waals surface area contributed by atoms with Gasteiger partial charge in [-0.1, -0.05) is 27.7 Å². The van der Waals surface area contributed by atoms with E-state index in [1.54, 1.807) is 11.8 Å². The van der Waals surface area contributed by atoms with Crippen LogP contribution in [0.2, 0.25) is 0 Å². The Bertz CT molecular complexity index is 313. The first kappa shape index (κ1) is 14.0. The molecule has 1 heterocycles. The van der Waals surface area contributed by atoms with Gasteiger partial charge >= 0.3 is 0 Å². The summed E-state index contributed by atoms with van der Waals surface area (Å²) >= 11 is 0. The van der Waals surface area contributed by atoms with Crippen molar-refractivity contribution < 1.29 is 9.59 Å². The quantitative estimate of drug-likeness (QED) is 0.810. The molecule has 0 aromatic rings. The smallest absolute Gasteiger partial charge is 0.246 e. The molecule has 1 saturated heterocycles. The minimum atomic E-state index is -0.375. The van der Waals surface area contributed by atoms with Crippen molar-refractivity contribution in [2.45, 2.75) is 59.7 Å². The summed E-state index contributed by atoms with van der Waals surface area (Å²) in [6, 6.07) is -0.653. The van der Waals surface area contributed by atoms with Crippen molar-refractivity contribution in [2.24, 2.45) is 11.8 Å². The largest absolute Gasteiger partial charge is 0.342 e. The van der Waals surface area contributed by atoms with Crippen LogP contribution in [0.25, 0.3) is 0 Å². The van der Waals surface area contributed by atoms with E-state index in [0.29, 0.717) is 5.92 Å². The Hall–Kier alpha value is -1.06. The maximum Gasteiger partial charge on any atom is 0.246 e. The van der Waals surface area contributed by atoms with Gasteiger partial charge in [-0.15, -0.1) is 0 Å². The molecule has 0 spiro atoms. The topological polar surface area (TPSA) is 49.4 Å². The molecule has 3 unspecified atom stereocenters. The molecule has 1 fully saturated rings. The molecule has 1 aliphatic heterocycles. The predicted octanol–water partition coefficient (Wildman–Crippen LogP) is 1.40. The molecule has 1 rings (SSSR count). The summed E-state index contributed by atoms with van der Waals surface area (Å²) in [5, 5.41) is 2.81. The van der Waals surface area contributed by atoms with Crippen LogP contribution in [0.3, 0.4) is 0 Å². The van der Waals surface area contributed by atoms with E-state index < -0.39 is 0 Å². The van der Waals surface area contributed by atoms with Crippen LogP contribution in [0.4, 0.5) is 0 Å². The second kappa shape index (κ2) is 5.07. The van der Waals surface area contributed by atoms with Gasteiger partial charge in [-0.2, -0.15) is 0 Å². The molecule has 0 bridgehead atoms. The van der Waals surface area contributed by atoms with E-state index >= 15 is 0 Å². The molecule has 0 aromatic heterocycles. The van der Waals surface area contributed by atoms with E-state index in [9.17, 15) is 9.59 Å². The van der Waals surface area contributed by atoms with E-state index in [1.165, 1.54) is 0 Å². The van der Waals surface area contributed by atoms with Gasteiger partial charge in [-0.05, 0) is 25.7 Å². The Kier molecular flexibility index (Phi) is 4.17. The first-order chi connectivity index (χ1) is 7.77. The number of amides is 2.